The second-order valence-electron chi connectivity index (χ2n) is 5.73. The fraction of sp³-hybridized carbons (Fsp3) is 0.238. The molecular formula is C21H18N2O3S2. The Kier molecular flexibility index (Phi) is 7.57. The van der Waals surface area contributed by atoms with Gasteiger partial charge in [0, 0.05) is 16.2 Å². The van der Waals surface area contributed by atoms with E-state index in [4.69, 9.17) is 4.74 Å². The Morgan fingerprint density at radius 1 is 1.25 bits per heavy atom. The number of esters is 1. The van der Waals surface area contributed by atoms with Crippen molar-refractivity contribution in [3.8, 4) is 12.1 Å². The molecule has 1 aromatic heterocycles. The van der Waals surface area contributed by atoms with Gasteiger partial charge in [0.15, 0.2) is 5.78 Å². The molecule has 0 N–H and O–H groups in total. The monoisotopic (exact) mass is 410 g/mol. The molecule has 0 aliphatic rings. The Bertz CT molecular complexity index is 1010. The molecule has 0 amide bonds. The first-order valence-electron chi connectivity index (χ1n) is 8.43. The molecule has 1 aromatic carbocycles. The first kappa shape index (κ1) is 21.4. The normalized spacial score (nSPS) is 10.8. The number of carbonyl (C=O) groups is 2. The number of ketones is 1. The number of nitrogens with zero attached hydrogens (tertiary/aromatic N) is 2. The van der Waals surface area contributed by atoms with Crippen LogP contribution in [0.25, 0.3) is 6.08 Å². The molecule has 0 aliphatic carbocycles. The average molecular weight is 411 g/mol. The minimum atomic E-state index is -0.509. The fourth-order valence-corrected chi connectivity index (χ4v) is 4.07. The summed E-state index contributed by atoms with van der Waals surface area (Å²) in [5, 5.41) is 18.8. The Morgan fingerprint density at radius 3 is 2.46 bits per heavy atom. The molecule has 28 heavy (non-hydrogen) atoms. The van der Waals surface area contributed by atoms with Crippen LogP contribution < -0.4 is 0 Å². The Labute approximate surface area is 172 Å². The quantitative estimate of drug-likeness (QED) is 0.288. The van der Waals surface area contributed by atoms with Crippen LogP contribution in [0.4, 0.5) is 0 Å². The van der Waals surface area contributed by atoms with E-state index in [1.807, 2.05) is 36.6 Å². The number of carbonyl (C=O) groups excluding carboxylic acids is 2. The van der Waals surface area contributed by atoms with Crippen molar-refractivity contribution in [1.82, 2.24) is 0 Å². The first-order valence-corrected chi connectivity index (χ1v) is 10.5. The van der Waals surface area contributed by atoms with Crippen molar-refractivity contribution < 1.29 is 14.3 Å². The highest BCUT2D eigenvalue weighted by Gasteiger charge is 2.23. The molecule has 0 saturated heterocycles. The van der Waals surface area contributed by atoms with Crippen LogP contribution in [-0.4, -0.2) is 24.6 Å². The van der Waals surface area contributed by atoms with Crippen molar-refractivity contribution in [3.63, 3.8) is 0 Å². The first-order chi connectivity index (χ1) is 13.4. The van der Waals surface area contributed by atoms with E-state index in [0.717, 1.165) is 21.8 Å². The van der Waals surface area contributed by atoms with Crippen LogP contribution in [-0.2, 0) is 16.0 Å². The summed E-state index contributed by atoms with van der Waals surface area (Å²) < 4.78 is 5.00. The molecule has 0 spiro atoms. The number of nitriles is 2. The van der Waals surface area contributed by atoms with E-state index in [1.54, 1.807) is 25.6 Å². The maximum absolute atomic E-state index is 12.6. The van der Waals surface area contributed by atoms with Gasteiger partial charge in [-0.1, -0.05) is 12.1 Å². The van der Waals surface area contributed by atoms with Crippen LogP contribution in [0, 0.1) is 29.6 Å². The molecule has 0 aliphatic heterocycles. The summed E-state index contributed by atoms with van der Waals surface area (Å²) in [5.41, 5.74) is 1.55. The van der Waals surface area contributed by atoms with Gasteiger partial charge >= 0.3 is 5.97 Å². The SMILES string of the molecule is CCOC(=O)c1sc(CC(=O)/C(C#N)=C/c2ccc(SC)cc2)c(C#N)c1C. The molecule has 0 bridgehead atoms. The lowest BCUT2D eigenvalue weighted by molar-refractivity contribution is -0.114. The highest BCUT2D eigenvalue weighted by Crippen LogP contribution is 2.29. The maximum atomic E-state index is 12.6. The lowest BCUT2D eigenvalue weighted by atomic mass is 10.0. The van der Waals surface area contributed by atoms with Crippen LogP contribution in [0.5, 0.6) is 0 Å². The minimum Gasteiger partial charge on any atom is -0.462 e. The Balaban J connectivity index is 2.30. The summed E-state index contributed by atoms with van der Waals surface area (Å²) in [5.74, 6) is -0.908. The highest BCUT2D eigenvalue weighted by atomic mass is 32.2. The summed E-state index contributed by atoms with van der Waals surface area (Å²) in [4.78, 5) is 26.6. The Morgan fingerprint density at radius 2 is 1.93 bits per heavy atom. The predicted molar refractivity (Wildman–Crippen MR) is 110 cm³/mol. The minimum absolute atomic E-state index is 0.00419. The van der Waals surface area contributed by atoms with Gasteiger partial charge in [0.2, 0.25) is 0 Å². The third-order valence-corrected chi connectivity index (χ3v) is 5.98. The van der Waals surface area contributed by atoms with E-state index in [-0.39, 0.29) is 18.6 Å². The number of allylic oxidation sites excluding steroid dienone is 1. The van der Waals surface area contributed by atoms with E-state index >= 15 is 0 Å². The molecule has 142 valence electrons. The molecule has 2 rings (SSSR count). The number of hydrogen-bond acceptors (Lipinski definition) is 7. The lowest BCUT2D eigenvalue weighted by Crippen LogP contribution is -2.05. The smallest absolute Gasteiger partial charge is 0.348 e. The van der Waals surface area contributed by atoms with Gasteiger partial charge in [-0.05, 0) is 49.4 Å². The van der Waals surface area contributed by atoms with Crippen molar-refractivity contribution in [1.29, 1.82) is 10.5 Å². The molecule has 5 nitrogen and oxygen atoms in total. The van der Waals surface area contributed by atoms with E-state index in [0.29, 0.717) is 20.9 Å². The largest absolute Gasteiger partial charge is 0.462 e. The second-order valence-corrected chi connectivity index (χ2v) is 7.71. The van der Waals surface area contributed by atoms with Gasteiger partial charge in [0.1, 0.15) is 17.0 Å². The molecule has 0 radical (unpaired) electrons. The van der Waals surface area contributed by atoms with Crippen LogP contribution in [0.2, 0.25) is 0 Å². The summed E-state index contributed by atoms with van der Waals surface area (Å²) in [6, 6.07) is 11.5. The highest BCUT2D eigenvalue weighted by molar-refractivity contribution is 7.98. The third kappa shape index (κ3) is 4.89. The summed E-state index contributed by atoms with van der Waals surface area (Å²) in [6.45, 7) is 3.58. The zero-order valence-electron chi connectivity index (χ0n) is 15.7. The van der Waals surface area contributed by atoms with E-state index < -0.39 is 11.8 Å². The number of hydrogen-bond donors (Lipinski definition) is 0. The molecular weight excluding hydrogens is 392 g/mol. The summed E-state index contributed by atoms with van der Waals surface area (Å²) in [6.07, 6.45) is 3.39. The number of Topliss-reactive ketones (excluding diaryl/α,β-unsaturated/α-hetero) is 1. The molecule has 1 heterocycles. The fourth-order valence-electron chi connectivity index (χ4n) is 2.52. The molecule has 0 fully saturated rings. The van der Waals surface area contributed by atoms with Crippen molar-refractivity contribution in [2.24, 2.45) is 0 Å². The Hall–Kier alpha value is -2.87. The van der Waals surface area contributed by atoms with Crippen LogP contribution in [0.15, 0.2) is 34.7 Å². The van der Waals surface area contributed by atoms with Crippen LogP contribution in [0.3, 0.4) is 0 Å². The van der Waals surface area contributed by atoms with Crippen LogP contribution >= 0.6 is 23.1 Å². The number of thiophene rings is 1. The van der Waals surface area contributed by atoms with Gasteiger partial charge in [0.05, 0.1) is 17.7 Å². The molecule has 7 heteroatoms. The summed E-state index contributed by atoms with van der Waals surface area (Å²) in [7, 11) is 0. The third-order valence-electron chi connectivity index (χ3n) is 3.96. The number of benzene rings is 1. The number of rotatable bonds is 7. The van der Waals surface area contributed by atoms with Gasteiger partial charge < -0.3 is 4.74 Å². The number of thioether (sulfide) groups is 1. The van der Waals surface area contributed by atoms with E-state index in [9.17, 15) is 20.1 Å². The van der Waals surface area contributed by atoms with Crippen molar-refractivity contribution in [3.05, 3.63) is 56.3 Å². The molecule has 0 atom stereocenters. The van der Waals surface area contributed by atoms with E-state index in [2.05, 4.69) is 6.07 Å². The standard InChI is InChI=1S/C21H18N2O3S2/c1-4-26-21(25)20-13(2)17(12-23)19(28-20)10-18(24)15(11-22)9-14-5-7-16(27-3)8-6-14/h5-9H,4,10H2,1-3H3/b15-9+. The zero-order chi connectivity index (χ0) is 20.7. The molecule has 2 aromatic rings. The van der Waals surface area contributed by atoms with Gasteiger partial charge in [-0.25, -0.2) is 4.79 Å². The predicted octanol–water partition coefficient (Wildman–Crippen LogP) is 4.55. The maximum Gasteiger partial charge on any atom is 0.348 e. The van der Waals surface area contributed by atoms with Gasteiger partial charge in [0.25, 0.3) is 0 Å². The van der Waals surface area contributed by atoms with Crippen molar-refractivity contribution in [2.45, 2.75) is 25.2 Å². The van der Waals surface area contributed by atoms with Crippen LogP contribution in [0.1, 0.15) is 38.2 Å². The van der Waals surface area contributed by atoms with Crippen molar-refractivity contribution in [2.75, 3.05) is 12.9 Å². The van der Waals surface area contributed by atoms with Crippen molar-refractivity contribution >= 4 is 40.9 Å². The molecule has 0 unspecified atom stereocenters. The molecule has 0 saturated carbocycles. The zero-order valence-corrected chi connectivity index (χ0v) is 17.4. The second kappa shape index (κ2) is 9.89. The number of ether oxygens (including phenoxy) is 1. The lowest BCUT2D eigenvalue weighted by Gasteiger charge is -2.00. The van der Waals surface area contributed by atoms with Gasteiger partial charge in [-0.2, -0.15) is 10.5 Å². The summed E-state index contributed by atoms with van der Waals surface area (Å²) >= 11 is 2.67. The van der Waals surface area contributed by atoms with Gasteiger partial charge in [-0.15, -0.1) is 23.1 Å². The topological polar surface area (TPSA) is 90.9 Å². The van der Waals surface area contributed by atoms with Gasteiger partial charge in [-0.3, -0.25) is 4.79 Å². The van der Waals surface area contributed by atoms with E-state index in [1.165, 1.54) is 6.08 Å². The average Bonchev–Trinajstić information content (AvgIpc) is 3.01.